The first-order valence-electron chi connectivity index (χ1n) is 10.2. The van der Waals surface area contributed by atoms with E-state index in [1.54, 1.807) is 18.2 Å². The average Bonchev–Trinajstić information content (AvgIpc) is 3.31. The third-order valence-electron chi connectivity index (χ3n) is 5.75. The number of aliphatic hydroxyl groups excluding tert-OH is 2. The zero-order valence-electron chi connectivity index (χ0n) is 17.9. The molecule has 0 saturated heterocycles. The first-order chi connectivity index (χ1) is 15.2. The molecule has 0 spiro atoms. The Morgan fingerprint density at radius 2 is 1.79 bits per heavy atom. The van der Waals surface area contributed by atoms with Crippen LogP contribution in [0.2, 0.25) is 0 Å². The van der Waals surface area contributed by atoms with E-state index in [9.17, 15) is 23.4 Å². The van der Waals surface area contributed by atoms with E-state index < -0.39 is 33.4 Å². The standard InChI is InChI=1S/C22H25N3O6S.ClH/c1-32(29,30)15-8-6-14(7-9-15)31-13-22(10-18(26)19(27)11-22)12-23-21(28)20-24-16-4-2-3-5-17(16)25-20;/h2-9,18-19,26-27H,10-13H2,1H3,(H,23,28)(H,24,25);1H/t18-,19+,22?;. The van der Waals surface area contributed by atoms with E-state index in [4.69, 9.17) is 4.74 Å². The minimum atomic E-state index is -3.31. The van der Waals surface area contributed by atoms with Crippen molar-refractivity contribution in [1.29, 1.82) is 0 Å². The molecule has 11 heteroatoms. The summed E-state index contributed by atoms with van der Waals surface area (Å²) in [6.07, 6.45) is -0.223. The zero-order chi connectivity index (χ0) is 22.9. The number of sulfone groups is 1. The van der Waals surface area contributed by atoms with Crippen molar-refractivity contribution in [3.05, 3.63) is 54.4 Å². The second-order valence-electron chi connectivity index (χ2n) is 8.36. The molecule has 1 unspecified atom stereocenters. The fourth-order valence-electron chi connectivity index (χ4n) is 3.99. The number of aromatic nitrogens is 2. The number of amides is 1. The smallest absolute Gasteiger partial charge is 0.287 e. The Labute approximate surface area is 197 Å². The highest BCUT2D eigenvalue weighted by Crippen LogP contribution is 2.39. The number of para-hydroxylation sites is 2. The second kappa shape index (κ2) is 9.68. The maximum atomic E-state index is 12.7. The zero-order valence-corrected chi connectivity index (χ0v) is 19.5. The molecule has 4 N–H and O–H groups in total. The normalized spacial score (nSPS) is 22.6. The Bertz CT molecular complexity index is 1190. The molecule has 4 rings (SSSR count). The molecule has 0 bridgehead atoms. The number of ether oxygens (including phenoxy) is 1. The molecule has 1 aromatic heterocycles. The lowest BCUT2D eigenvalue weighted by atomic mass is 9.86. The first kappa shape index (κ1) is 25.0. The van der Waals surface area contributed by atoms with Crippen LogP contribution in [0.3, 0.4) is 0 Å². The summed E-state index contributed by atoms with van der Waals surface area (Å²) in [7, 11) is -3.31. The number of benzene rings is 2. The average molecular weight is 496 g/mol. The molecule has 1 saturated carbocycles. The first-order valence-corrected chi connectivity index (χ1v) is 12.1. The molecule has 1 heterocycles. The van der Waals surface area contributed by atoms with Gasteiger partial charge in [-0.05, 0) is 49.2 Å². The van der Waals surface area contributed by atoms with Crippen LogP contribution in [-0.2, 0) is 9.84 Å². The summed E-state index contributed by atoms with van der Waals surface area (Å²) >= 11 is 0. The van der Waals surface area contributed by atoms with Gasteiger partial charge in [-0.2, -0.15) is 0 Å². The number of nitrogens with zero attached hydrogens (tertiary/aromatic N) is 1. The van der Waals surface area contributed by atoms with Gasteiger partial charge in [0.2, 0.25) is 0 Å². The lowest BCUT2D eigenvalue weighted by molar-refractivity contribution is 0.0438. The van der Waals surface area contributed by atoms with E-state index in [0.29, 0.717) is 11.3 Å². The van der Waals surface area contributed by atoms with Gasteiger partial charge in [0, 0.05) is 18.2 Å². The number of halogens is 1. The molecule has 1 aliphatic carbocycles. The van der Waals surface area contributed by atoms with E-state index in [-0.39, 0.29) is 49.1 Å². The second-order valence-corrected chi connectivity index (χ2v) is 10.4. The molecular formula is C22H26ClN3O6S. The number of rotatable bonds is 7. The third kappa shape index (κ3) is 5.64. The monoisotopic (exact) mass is 495 g/mol. The van der Waals surface area contributed by atoms with E-state index in [1.807, 2.05) is 18.2 Å². The number of nitrogens with one attached hydrogen (secondary N) is 2. The summed E-state index contributed by atoms with van der Waals surface area (Å²) in [5.74, 6) is 0.239. The predicted octanol–water partition coefficient (Wildman–Crippen LogP) is 1.70. The molecule has 178 valence electrons. The summed E-state index contributed by atoms with van der Waals surface area (Å²) in [6.45, 7) is 0.290. The van der Waals surface area contributed by atoms with Crippen LogP contribution in [0.5, 0.6) is 5.75 Å². The molecule has 2 aromatic carbocycles. The van der Waals surface area contributed by atoms with Gasteiger partial charge in [-0.25, -0.2) is 13.4 Å². The fraction of sp³-hybridized carbons (Fsp3) is 0.364. The highest BCUT2D eigenvalue weighted by Gasteiger charge is 2.45. The van der Waals surface area contributed by atoms with Gasteiger partial charge < -0.3 is 25.3 Å². The largest absolute Gasteiger partial charge is 0.493 e. The SMILES string of the molecule is CS(=O)(=O)c1ccc(OCC2(CNC(=O)c3nc4ccccc4[nH]3)C[C@@H](O)[C@@H](O)C2)cc1.Cl. The van der Waals surface area contributed by atoms with Crippen LogP contribution < -0.4 is 10.1 Å². The van der Waals surface area contributed by atoms with Crippen molar-refractivity contribution in [1.82, 2.24) is 15.3 Å². The molecule has 9 nitrogen and oxygen atoms in total. The van der Waals surface area contributed by atoms with Crippen LogP contribution in [-0.4, -0.2) is 66.1 Å². The Hall–Kier alpha value is -2.66. The Kier molecular flexibility index (Phi) is 7.32. The van der Waals surface area contributed by atoms with Gasteiger partial charge in [0.1, 0.15) is 5.75 Å². The molecular weight excluding hydrogens is 470 g/mol. The van der Waals surface area contributed by atoms with Gasteiger partial charge >= 0.3 is 0 Å². The quantitative estimate of drug-likeness (QED) is 0.391. The maximum absolute atomic E-state index is 12.7. The van der Waals surface area contributed by atoms with Crippen LogP contribution in [0.25, 0.3) is 11.0 Å². The van der Waals surface area contributed by atoms with Crippen LogP contribution in [0.15, 0.2) is 53.4 Å². The fourth-order valence-corrected chi connectivity index (χ4v) is 4.62. The lowest BCUT2D eigenvalue weighted by Crippen LogP contribution is -2.41. The molecule has 3 atom stereocenters. The van der Waals surface area contributed by atoms with Crippen molar-refractivity contribution in [2.24, 2.45) is 5.41 Å². The third-order valence-corrected chi connectivity index (χ3v) is 6.88. The highest BCUT2D eigenvalue weighted by molar-refractivity contribution is 7.90. The molecule has 1 aliphatic rings. The van der Waals surface area contributed by atoms with Gasteiger partial charge in [-0.1, -0.05) is 12.1 Å². The van der Waals surface area contributed by atoms with Crippen LogP contribution >= 0.6 is 12.4 Å². The number of aromatic amines is 1. The van der Waals surface area contributed by atoms with E-state index in [2.05, 4.69) is 15.3 Å². The van der Waals surface area contributed by atoms with Crippen molar-refractivity contribution >= 4 is 39.2 Å². The van der Waals surface area contributed by atoms with E-state index in [1.165, 1.54) is 12.1 Å². The summed E-state index contributed by atoms with van der Waals surface area (Å²) in [5, 5.41) is 23.1. The number of fused-ring (bicyclic) bond motifs is 1. The Morgan fingerprint density at radius 3 is 2.39 bits per heavy atom. The topological polar surface area (TPSA) is 142 Å². The summed E-state index contributed by atoms with van der Waals surface area (Å²) in [6, 6.07) is 13.3. The summed E-state index contributed by atoms with van der Waals surface area (Å²) in [5.41, 5.74) is 0.732. The minimum Gasteiger partial charge on any atom is -0.493 e. The van der Waals surface area contributed by atoms with E-state index in [0.717, 1.165) is 11.8 Å². The number of aliphatic hydroxyl groups is 2. The molecule has 0 aliphatic heterocycles. The van der Waals surface area contributed by atoms with Crippen molar-refractivity contribution in [2.75, 3.05) is 19.4 Å². The van der Waals surface area contributed by atoms with Crippen molar-refractivity contribution < 1.29 is 28.2 Å². The molecule has 1 fully saturated rings. The molecule has 0 radical (unpaired) electrons. The minimum absolute atomic E-state index is 0. The number of hydrogen-bond acceptors (Lipinski definition) is 7. The van der Waals surface area contributed by atoms with Gasteiger partial charge in [0.15, 0.2) is 15.7 Å². The van der Waals surface area contributed by atoms with Crippen molar-refractivity contribution in [3.63, 3.8) is 0 Å². The predicted molar refractivity (Wildman–Crippen MR) is 124 cm³/mol. The van der Waals surface area contributed by atoms with E-state index >= 15 is 0 Å². The maximum Gasteiger partial charge on any atom is 0.287 e. The molecule has 33 heavy (non-hydrogen) atoms. The molecule has 1 amide bonds. The van der Waals surface area contributed by atoms with Gasteiger partial charge in [-0.15, -0.1) is 12.4 Å². The summed E-state index contributed by atoms with van der Waals surface area (Å²) in [4.78, 5) is 20.1. The highest BCUT2D eigenvalue weighted by atomic mass is 35.5. The van der Waals surface area contributed by atoms with Crippen LogP contribution in [0, 0.1) is 5.41 Å². The van der Waals surface area contributed by atoms with Gasteiger partial charge in [-0.3, -0.25) is 4.79 Å². The van der Waals surface area contributed by atoms with Crippen LogP contribution in [0.4, 0.5) is 0 Å². The lowest BCUT2D eigenvalue weighted by Gasteiger charge is -2.29. The Balaban J connectivity index is 0.00000306. The van der Waals surface area contributed by atoms with Gasteiger partial charge in [0.05, 0.1) is 34.7 Å². The number of imidazole rings is 1. The number of carbonyl (C=O) groups excluding carboxylic acids is 1. The number of hydrogen-bond donors (Lipinski definition) is 4. The Morgan fingerprint density at radius 1 is 1.15 bits per heavy atom. The molecule has 3 aromatic rings. The van der Waals surface area contributed by atoms with Crippen molar-refractivity contribution in [3.8, 4) is 5.75 Å². The number of carbonyl (C=O) groups is 1. The van der Waals surface area contributed by atoms with Gasteiger partial charge in [0.25, 0.3) is 5.91 Å². The summed E-state index contributed by atoms with van der Waals surface area (Å²) < 4.78 is 29.1. The van der Waals surface area contributed by atoms with Crippen LogP contribution in [0.1, 0.15) is 23.5 Å². The number of H-pyrrole nitrogens is 1. The van der Waals surface area contributed by atoms with Crippen molar-refractivity contribution in [2.45, 2.75) is 29.9 Å².